The van der Waals surface area contributed by atoms with E-state index in [1.54, 1.807) is 6.92 Å². The highest BCUT2D eigenvalue weighted by Gasteiger charge is 2.28. The summed E-state index contributed by atoms with van der Waals surface area (Å²) >= 11 is 5.96. The number of aryl methyl sites for hydroxylation is 1. The standard InChI is InChI=1S/C13H17ClN2O4S/c1-7-6-10(14)12(8(2)11(7)17)21(19,20)16-15-13(18)9-4-3-5-9/h6,9,16-17H,3-5H2,1-2H3,(H,15,18). The Morgan fingerprint density at radius 1 is 1.38 bits per heavy atom. The van der Waals surface area contributed by atoms with Crippen LogP contribution in [0.3, 0.4) is 0 Å². The first-order valence-corrected chi connectivity index (χ1v) is 8.40. The summed E-state index contributed by atoms with van der Waals surface area (Å²) < 4.78 is 24.5. The van der Waals surface area contributed by atoms with Gasteiger partial charge in [-0.3, -0.25) is 10.2 Å². The highest BCUT2D eigenvalue weighted by molar-refractivity contribution is 7.89. The van der Waals surface area contributed by atoms with Crippen molar-refractivity contribution in [3.8, 4) is 5.75 Å². The molecule has 1 aromatic rings. The number of halogens is 1. The molecule has 2 rings (SSSR count). The van der Waals surface area contributed by atoms with E-state index in [-0.39, 0.29) is 33.1 Å². The summed E-state index contributed by atoms with van der Waals surface area (Å²) in [5.41, 5.74) is 2.82. The van der Waals surface area contributed by atoms with Gasteiger partial charge in [0.1, 0.15) is 10.6 Å². The van der Waals surface area contributed by atoms with Gasteiger partial charge in [-0.2, -0.15) is 0 Å². The third kappa shape index (κ3) is 3.14. The summed E-state index contributed by atoms with van der Waals surface area (Å²) in [7, 11) is -4.05. The fourth-order valence-electron chi connectivity index (χ4n) is 2.18. The summed E-state index contributed by atoms with van der Waals surface area (Å²) in [6.45, 7) is 3.08. The molecule has 1 aliphatic carbocycles. The number of phenolic OH excluding ortho intramolecular Hbond substituents is 1. The number of aromatic hydroxyl groups is 1. The molecule has 1 fully saturated rings. The Bertz CT molecular complexity index is 684. The zero-order valence-corrected chi connectivity index (χ0v) is 13.3. The average molecular weight is 333 g/mol. The normalized spacial score (nSPS) is 15.6. The highest BCUT2D eigenvalue weighted by Crippen LogP contribution is 2.34. The van der Waals surface area contributed by atoms with Crippen molar-refractivity contribution in [2.75, 3.05) is 0 Å². The SMILES string of the molecule is Cc1cc(Cl)c(S(=O)(=O)NNC(=O)C2CCC2)c(C)c1O. The van der Waals surface area contributed by atoms with Gasteiger partial charge in [0, 0.05) is 11.5 Å². The Hall–Kier alpha value is -1.31. The number of nitrogens with one attached hydrogen (secondary N) is 2. The molecule has 0 saturated heterocycles. The van der Waals surface area contributed by atoms with Gasteiger partial charge in [-0.25, -0.2) is 8.42 Å². The van der Waals surface area contributed by atoms with Crippen molar-refractivity contribution in [1.29, 1.82) is 0 Å². The molecule has 0 unspecified atom stereocenters. The number of carbonyl (C=O) groups is 1. The van der Waals surface area contributed by atoms with Crippen molar-refractivity contribution >= 4 is 27.5 Å². The lowest BCUT2D eigenvalue weighted by Gasteiger charge is -2.24. The third-order valence-corrected chi connectivity index (χ3v) is 5.53. The molecule has 8 heteroatoms. The molecule has 0 atom stereocenters. The minimum Gasteiger partial charge on any atom is -0.507 e. The number of benzene rings is 1. The summed E-state index contributed by atoms with van der Waals surface area (Å²) in [5.74, 6) is -0.629. The molecule has 0 aliphatic heterocycles. The maximum atomic E-state index is 12.2. The van der Waals surface area contributed by atoms with Crippen LogP contribution in [-0.4, -0.2) is 19.4 Å². The van der Waals surface area contributed by atoms with E-state index in [1.165, 1.54) is 13.0 Å². The first-order chi connectivity index (χ1) is 9.74. The van der Waals surface area contributed by atoms with Gasteiger partial charge in [0.05, 0.1) is 5.02 Å². The summed E-state index contributed by atoms with van der Waals surface area (Å²) in [6.07, 6.45) is 2.50. The van der Waals surface area contributed by atoms with Gasteiger partial charge in [-0.05, 0) is 38.3 Å². The predicted molar refractivity (Wildman–Crippen MR) is 78.4 cm³/mol. The summed E-state index contributed by atoms with van der Waals surface area (Å²) in [6, 6.07) is 1.37. The van der Waals surface area contributed by atoms with Crippen LogP contribution in [-0.2, 0) is 14.8 Å². The maximum absolute atomic E-state index is 12.2. The molecule has 1 aromatic carbocycles. The molecule has 6 nitrogen and oxygen atoms in total. The van der Waals surface area contributed by atoms with E-state index in [0.717, 1.165) is 19.3 Å². The van der Waals surface area contributed by atoms with Gasteiger partial charge in [-0.1, -0.05) is 18.0 Å². The van der Waals surface area contributed by atoms with Gasteiger partial charge >= 0.3 is 0 Å². The first kappa shape index (κ1) is 16.1. The number of rotatable bonds is 4. The van der Waals surface area contributed by atoms with E-state index in [9.17, 15) is 18.3 Å². The van der Waals surface area contributed by atoms with E-state index in [0.29, 0.717) is 5.56 Å². The topological polar surface area (TPSA) is 95.5 Å². The van der Waals surface area contributed by atoms with Crippen LogP contribution in [0.4, 0.5) is 0 Å². The first-order valence-electron chi connectivity index (χ1n) is 6.54. The molecule has 0 aromatic heterocycles. The number of amides is 1. The molecular formula is C13H17ClN2O4S. The van der Waals surface area contributed by atoms with Crippen LogP contribution in [0, 0.1) is 19.8 Å². The quantitative estimate of drug-likeness (QED) is 0.732. The summed E-state index contributed by atoms with van der Waals surface area (Å²) in [4.78, 5) is 13.5. The van der Waals surface area contributed by atoms with Crippen LogP contribution in [0.1, 0.15) is 30.4 Å². The molecule has 1 aliphatic rings. The third-order valence-electron chi connectivity index (χ3n) is 3.68. The minimum absolute atomic E-state index is 0.00630. The lowest BCUT2D eigenvalue weighted by atomic mass is 9.85. The van der Waals surface area contributed by atoms with Crippen LogP contribution < -0.4 is 10.3 Å². The largest absolute Gasteiger partial charge is 0.507 e. The van der Waals surface area contributed by atoms with Crippen LogP contribution in [0.15, 0.2) is 11.0 Å². The van der Waals surface area contributed by atoms with E-state index in [1.807, 2.05) is 4.83 Å². The Kier molecular flexibility index (Phi) is 4.46. The fourth-order valence-corrected chi connectivity index (χ4v) is 3.94. The monoisotopic (exact) mass is 332 g/mol. The smallest absolute Gasteiger partial charge is 0.259 e. The lowest BCUT2D eigenvalue weighted by Crippen LogP contribution is -2.46. The van der Waals surface area contributed by atoms with Gasteiger partial charge in [0.15, 0.2) is 0 Å². The second-order valence-electron chi connectivity index (χ2n) is 5.20. The van der Waals surface area contributed by atoms with E-state index < -0.39 is 10.0 Å². The molecule has 0 bridgehead atoms. The van der Waals surface area contributed by atoms with Gasteiger partial charge in [-0.15, -0.1) is 4.83 Å². The van der Waals surface area contributed by atoms with E-state index >= 15 is 0 Å². The second-order valence-corrected chi connectivity index (χ2v) is 7.23. The van der Waals surface area contributed by atoms with E-state index in [2.05, 4.69) is 5.43 Å². The number of hydrazine groups is 1. The molecule has 1 saturated carbocycles. The van der Waals surface area contributed by atoms with E-state index in [4.69, 9.17) is 11.6 Å². The van der Waals surface area contributed by atoms with Crippen LogP contribution in [0.25, 0.3) is 0 Å². The Balaban J connectivity index is 2.23. The van der Waals surface area contributed by atoms with Gasteiger partial charge in [0.2, 0.25) is 5.91 Å². The molecule has 21 heavy (non-hydrogen) atoms. The number of carbonyl (C=O) groups excluding carboxylic acids is 1. The fraction of sp³-hybridized carbons (Fsp3) is 0.462. The molecule has 116 valence electrons. The Labute approximate surface area is 128 Å². The number of phenols is 1. The van der Waals surface area contributed by atoms with Crippen molar-refractivity contribution in [3.63, 3.8) is 0 Å². The zero-order valence-electron chi connectivity index (χ0n) is 11.7. The predicted octanol–water partition coefficient (Wildman–Crippen LogP) is 1.77. The van der Waals surface area contributed by atoms with Crippen molar-refractivity contribution in [3.05, 3.63) is 22.2 Å². The highest BCUT2D eigenvalue weighted by atomic mass is 35.5. The number of hydrogen-bond acceptors (Lipinski definition) is 4. The van der Waals surface area contributed by atoms with Crippen LogP contribution in [0.2, 0.25) is 5.02 Å². The van der Waals surface area contributed by atoms with Crippen LogP contribution in [0.5, 0.6) is 5.75 Å². The van der Waals surface area contributed by atoms with Crippen molar-refractivity contribution < 1.29 is 18.3 Å². The second kappa shape index (κ2) is 5.82. The van der Waals surface area contributed by atoms with Crippen molar-refractivity contribution in [2.45, 2.75) is 38.0 Å². The molecule has 3 N–H and O–H groups in total. The minimum atomic E-state index is -4.05. The summed E-state index contributed by atoms with van der Waals surface area (Å²) in [5, 5.41) is 9.84. The molecule has 0 radical (unpaired) electrons. The maximum Gasteiger partial charge on any atom is 0.259 e. The van der Waals surface area contributed by atoms with Crippen molar-refractivity contribution in [1.82, 2.24) is 10.3 Å². The Morgan fingerprint density at radius 2 is 2.00 bits per heavy atom. The molecular weight excluding hydrogens is 316 g/mol. The number of hydrogen-bond donors (Lipinski definition) is 3. The molecule has 0 heterocycles. The molecule has 1 amide bonds. The van der Waals surface area contributed by atoms with Crippen molar-refractivity contribution in [2.24, 2.45) is 5.92 Å². The number of sulfonamides is 1. The lowest BCUT2D eigenvalue weighted by molar-refractivity contribution is -0.127. The van der Waals surface area contributed by atoms with Crippen LogP contribution >= 0.6 is 11.6 Å². The zero-order chi connectivity index (χ0) is 15.8. The van der Waals surface area contributed by atoms with Gasteiger partial charge < -0.3 is 5.11 Å². The van der Waals surface area contributed by atoms with Gasteiger partial charge in [0.25, 0.3) is 10.0 Å². The molecule has 0 spiro atoms. The average Bonchev–Trinajstić information content (AvgIpc) is 2.31. The Morgan fingerprint density at radius 3 is 2.52 bits per heavy atom.